The van der Waals surface area contributed by atoms with Crippen molar-refractivity contribution in [2.75, 3.05) is 0 Å². The van der Waals surface area contributed by atoms with E-state index in [9.17, 15) is 0 Å². The van der Waals surface area contributed by atoms with E-state index >= 15 is 0 Å². The Morgan fingerprint density at radius 3 is 1.12 bits per heavy atom. The van der Waals surface area contributed by atoms with Crippen LogP contribution in [0.5, 0.6) is 0 Å². The summed E-state index contributed by atoms with van der Waals surface area (Å²) in [6, 6.07) is 0. The van der Waals surface area contributed by atoms with Crippen LogP contribution in [0.1, 0.15) is 2.85 Å². The van der Waals surface area contributed by atoms with E-state index < -0.39 is 0 Å². The largest absolute Gasteiger partial charge is 2.00 e. The molecule has 0 N–H and O–H groups in total. The second-order valence-electron chi connectivity index (χ2n) is 0. The van der Waals surface area contributed by atoms with Crippen molar-refractivity contribution < 1.29 is 113 Å². The van der Waals surface area contributed by atoms with Gasteiger partial charge in [-0.1, -0.05) is 0 Å². The van der Waals surface area contributed by atoms with E-state index in [2.05, 4.69) is 0 Å². The molecule has 49 valence electrons. The third kappa shape index (κ3) is 47.4. The molecule has 8 heteroatoms. The molecule has 0 aromatic carbocycles. The first kappa shape index (κ1) is 83.0. The first-order valence-electron chi connectivity index (χ1n) is 0. The van der Waals surface area contributed by atoms with Crippen LogP contribution in [0.2, 0.25) is 0 Å². The first-order chi connectivity index (χ1) is 0. The van der Waals surface area contributed by atoms with Crippen molar-refractivity contribution >= 4 is 34.0 Å². The van der Waals surface area contributed by atoms with Crippen LogP contribution in [0.4, 0.5) is 0 Å². The van der Waals surface area contributed by atoms with Crippen molar-refractivity contribution in [1.82, 2.24) is 0 Å². The Balaban J connectivity index is 0. The summed E-state index contributed by atoms with van der Waals surface area (Å²) in [7, 11) is 0. The molecule has 0 heterocycles. The maximum absolute atomic E-state index is 0. The van der Waals surface area contributed by atoms with Crippen LogP contribution in [0, 0.1) is 0 Å². The minimum Gasteiger partial charge on any atom is -1.00 e. The predicted octanol–water partition coefficient (Wildman–Crippen LogP) is -1.35. The summed E-state index contributed by atoms with van der Waals surface area (Å²) in [5, 5.41) is 0. The SMILES string of the molecule is [Cr].[Cu].[Fe].[H-].[H-].[Mg+2].[Mn].[SiH3].[Ti].[Zn]. The van der Waals surface area contributed by atoms with Crippen molar-refractivity contribution in [3.05, 3.63) is 0 Å². The molecule has 0 aromatic rings. The standard InChI is InChI=1S/Cr.Cu.Fe.Mg.Mn.H3Si.Ti.Zn.2H/h;;;;;1H3;;;;/q;;;+2;;;;;2*-1. The van der Waals surface area contributed by atoms with E-state index in [1.807, 2.05) is 0 Å². The fraction of sp³-hybridized carbons (Fsp3) is 0. The van der Waals surface area contributed by atoms with Gasteiger partial charge in [-0.15, -0.1) is 0 Å². The van der Waals surface area contributed by atoms with Gasteiger partial charge in [0.2, 0.25) is 0 Å². The number of hydrogen-bond donors (Lipinski definition) is 0. The zero-order valence-corrected chi connectivity index (χ0v) is 16.8. The Bertz CT molecular complexity index is 31.2. The molecule has 0 aliphatic carbocycles. The molecule has 0 amide bonds. The second kappa shape index (κ2) is 63.6. The average Bonchev–Trinajstić information content (AvgIpc) is 0. The van der Waals surface area contributed by atoms with Crippen molar-refractivity contribution in [1.29, 1.82) is 0 Å². The molecular formula is H5CrCuFeMgMnSiTiZn. The summed E-state index contributed by atoms with van der Waals surface area (Å²) in [6.45, 7) is 0. The summed E-state index contributed by atoms with van der Waals surface area (Å²) < 4.78 is 0. The van der Waals surface area contributed by atoms with E-state index in [1.165, 1.54) is 0 Å². The Morgan fingerprint density at radius 2 is 1.12 bits per heavy atom. The van der Waals surface area contributed by atoms with E-state index in [1.54, 1.807) is 0 Å². The topological polar surface area (TPSA) is 0 Å². The van der Waals surface area contributed by atoms with Gasteiger partial charge in [0, 0.05) is 110 Å². The molecule has 0 aliphatic rings. The smallest absolute Gasteiger partial charge is 1.00 e. The fourth-order valence-electron chi connectivity index (χ4n) is 0. The third-order valence-corrected chi connectivity index (χ3v) is 0. The van der Waals surface area contributed by atoms with E-state index in [4.69, 9.17) is 0 Å². The van der Waals surface area contributed by atoms with Gasteiger partial charge < -0.3 is 2.85 Å². The summed E-state index contributed by atoms with van der Waals surface area (Å²) in [6.07, 6.45) is 0. The molecule has 0 bridgehead atoms. The molecule has 0 saturated heterocycles. The summed E-state index contributed by atoms with van der Waals surface area (Å²) in [4.78, 5) is 0. The van der Waals surface area contributed by atoms with Crippen LogP contribution in [-0.2, 0) is 110 Å². The van der Waals surface area contributed by atoms with Gasteiger partial charge in [-0.25, -0.2) is 0 Å². The van der Waals surface area contributed by atoms with Crippen molar-refractivity contribution in [2.24, 2.45) is 0 Å². The summed E-state index contributed by atoms with van der Waals surface area (Å²) in [5.74, 6) is 0. The number of rotatable bonds is 0. The molecule has 0 unspecified atom stereocenters. The number of hydrogen-bond acceptors (Lipinski definition) is 0. The van der Waals surface area contributed by atoms with Gasteiger partial charge in [0.05, 0.1) is 0 Å². The minimum absolute atomic E-state index is 0. The van der Waals surface area contributed by atoms with Crippen LogP contribution in [0.15, 0.2) is 0 Å². The van der Waals surface area contributed by atoms with Gasteiger partial charge in [0.1, 0.15) is 0 Å². The second-order valence-corrected chi connectivity index (χ2v) is 0. The normalized spacial score (nSPS) is 0. The Labute approximate surface area is 144 Å². The van der Waals surface area contributed by atoms with Crippen LogP contribution in [0.3, 0.4) is 0 Å². The van der Waals surface area contributed by atoms with Crippen LogP contribution >= 0.6 is 0 Å². The maximum atomic E-state index is 0. The molecule has 0 nitrogen and oxygen atoms in total. The molecule has 0 fully saturated rings. The predicted molar refractivity (Wildman–Crippen MR) is 17.9 cm³/mol. The first-order valence-corrected chi connectivity index (χ1v) is 0. The van der Waals surface area contributed by atoms with Gasteiger partial charge in [-0.05, 0) is 11.0 Å². The Kier molecular flexibility index (Phi) is 660. The van der Waals surface area contributed by atoms with Crippen LogP contribution in [-0.4, -0.2) is 34.0 Å². The molecule has 0 saturated carbocycles. The van der Waals surface area contributed by atoms with Crippen molar-refractivity contribution in [3.8, 4) is 0 Å². The summed E-state index contributed by atoms with van der Waals surface area (Å²) >= 11 is 0. The molecule has 0 rings (SSSR count). The van der Waals surface area contributed by atoms with Crippen LogP contribution in [0.25, 0.3) is 0 Å². The quantitative estimate of drug-likeness (QED) is 0.444. The summed E-state index contributed by atoms with van der Waals surface area (Å²) in [5.41, 5.74) is 0. The van der Waals surface area contributed by atoms with Crippen LogP contribution < -0.4 is 0 Å². The zero-order valence-electron chi connectivity index (χ0n) is 6.36. The van der Waals surface area contributed by atoms with Gasteiger partial charge >= 0.3 is 23.1 Å². The molecular weight excluding hydrogens is 392 g/mol. The molecule has 0 spiro atoms. The van der Waals surface area contributed by atoms with E-state index in [-0.39, 0.29) is 147 Å². The minimum atomic E-state index is 0. The molecule has 8 heavy (non-hydrogen) atoms. The molecule has 0 aliphatic heterocycles. The monoisotopic (exact) mass is 395 g/mol. The van der Waals surface area contributed by atoms with E-state index in [0.29, 0.717) is 0 Å². The fourth-order valence-corrected chi connectivity index (χ4v) is 0. The van der Waals surface area contributed by atoms with Gasteiger partial charge in [-0.3, -0.25) is 0 Å². The maximum Gasteiger partial charge on any atom is 2.00 e. The van der Waals surface area contributed by atoms with Gasteiger partial charge in [0.15, 0.2) is 0 Å². The van der Waals surface area contributed by atoms with Gasteiger partial charge in [-0.2, -0.15) is 0 Å². The van der Waals surface area contributed by atoms with Gasteiger partial charge in [0.25, 0.3) is 0 Å². The van der Waals surface area contributed by atoms with E-state index in [0.717, 1.165) is 0 Å². The molecule has 3 radical (unpaired) electrons. The Hall–Kier alpha value is 4.41. The Morgan fingerprint density at radius 1 is 1.12 bits per heavy atom. The molecule has 0 aromatic heterocycles. The molecule has 0 atom stereocenters. The zero-order chi connectivity index (χ0) is 0. The average molecular weight is 397 g/mol. The van der Waals surface area contributed by atoms with Crippen molar-refractivity contribution in [2.45, 2.75) is 0 Å². The van der Waals surface area contributed by atoms with Crippen molar-refractivity contribution in [3.63, 3.8) is 0 Å². The third-order valence-electron chi connectivity index (χ3n) is 0.